The van der Waals surface area contributed by atoms with Crippen molar-refractivity contribution < 1.29 is 0 Å². The first kappa shape index (κ1) is 21.0. The number of rotatable bonds is 2. The van der Waals surface area contributed by atoms with E-state index in [1.807, 2.05) is 39.8 Å². The minimum Gasteiger partial charge on any atom is -0.0991 e. The Morgan fingerprint density at radius 3 is 1.76 bits per heavy atom. The van der Waals surface area contributed by atoms with E-state index >= 15 is 0 Å². The Morgan fingerprint density at radius 2 is 1.41 bits per heavy atom. The van der Waals surface area contributed by atoms with E-state index in [1.165, 1.54) is 16.7 Å². The van der Waals surface area contributed by atoms with Gasteiger partial charge >= 0.3 is 0 Å². The van der Waals surface area contributed by atoms with Gasteiger partial charge in [-0.05, 0) is 25.0 Å². The van der Waals surface area contributed by atoms with Crippen molar-refractivity contribution >= 4 is 5.57 Å². The maximum absolute atomic E-state index is 3.67. The molecule has 0 atom stereocenters. The minimum absolute atomic E-state index is 0. The summed E-state index contributed by atoms with van der Waals surface area (Å²) in [6, 6.07) is 8.50. The second-order valence-corrected chi connectivity index (χ2v) is 2.95. The molecule has 0 heterocycles. The van der Waals surface area contributed by atoms with Crippen molar-refractivity contribution in [2.75, 3.05) is 0 Å². The summed E-state index contributed by atoms with van der Waals surface area (Å²) in [6.07, 6.45) is 3.83. The maximum Gasteiger partial charge on any atom is -0.0227 e. The Hall–Kier alpha value is -1.30. The van der Waals surface area contributed by atoms with E-state index in [0.29, 0.717) is 0 Å². The van der Waals surface area contributed by atoms with Crippen LogP contribution in [0.5, 0.6) is 0 Å². The molecule has 0 radical (unpaired) electrons. The molecule has 0 heteroatoms. The molecule has 98 valence electrons. The summed E-state index contributed by atoms with van der Waals surface area (Å²) in [6.45, 7) is 15.9. The van der Waals surface area contributed by atoms with E-state index in [1.54, 1.807) is 0 Å². The van der Waals surface area contributed by atoms with E-state index in [4.69, 9.17) is 0 Å². The average molecular weight is 234 g/mol. The van der Waals surface area contributed by atoms with Gasteiger partial charge in [-0.2, -0.15) is 0 Å². The van der Waals surface area contributed by atoms with Gasteiger partial charge in [0, 0.05) is 0 Å². The van der Waals surface area contributed by atoms with Gasteiger partial charge < -0.3 is 0 Å². The molecule has 0 bridgehead atoms. The van der Waals surface area contributed by atoms with Crippen LogP contribution in [0, 0.1) is 6.92 Å². The minimum atomic E-state index is 0. The quantitative estimate of drug-likeness (QED) is 0.529. The molecule has 0 spiro atoms. The van der Waals surface area contributed by atoms with Crippen molar-refractivity contribution in [1.29, 1.82) is 0 Å². The van der Waals surface area contributed by atoms with Gasteiger partial charge in [-0.1, -0.05) is 83.7 Å². The Bertz CT molecular complexity index is 288. The summed E-state index contributed by atoms with van der Waals surface area (Å²) < 4.78 is 0. The predicted molar refractivity (Wildman–Crippen MR) is 84.5 cm³/mol. The molecule has 0 aliphatic heterocycles. The summed E-state index contributed by atoms with van der Waals surface area (Å²) >= 11 is 0. The zero-order valence-corrected chi connectivity index (χ0v) is 11.7. The smallest absolute Gasteiger partial charge is 0.0227 e. The van der Waals surface area contributed by atoms with Crippen LogP contribution >= 0.6 is 0 Å². The SMILES string of the molecule is C.C=C/C=C(\C)c1ccc(C)cc1.CC.CC. The Balaban J connectivity index is -0.000000355. The molecule has 0 saturated heterocycles. The summed E-state index contributed by atoms with van der Waals surface area (Å²) in [5.41, 5.74) is 3.82. The summed E-state index contributed by atoms with van der Waals surface area (Å²) in [4.78, 5) is 0. The van der Waals surface area contributed by atoms with Crippen LogP contribution < -0.4 is 0 Å². The molecule has 0 aliphatic rings. The number of allylic oxidation sites excluding steroid dienone is 3. The van der Waals surface area contributed by atoms with Gasteiger partial charge in [0.05, 0.1) is 0 Å². The normalized spacial score (nSPS) is 8.71. The molecular weight excluding hydrogens is 204 g/mol. The van der Waals surface area contributed by atoms with Crippen molar-refractivity contribution in [3.8, 4) is 0 Å². The molecule has 1 aromatic rings. The van der Waals surface area contributed by atoms with E-state index in [2.05, 4.69) is 44.7 Å². The molecule has 0 aromatic heterocycles. The van der Waals surface area contributed by atoms with Gasteiger partial charge in [0.25, 0.3) is 0 Å². The summed E-state index contributed by atoms with van der Waals surface area (Å²) in [5, 5.41) is 0. The molecule has 1 rings (SSSR count). The van der Waals surface area contributed by atoms with Gasteiger partial charge in [0.15, 0.2) is 0 Å². The fourth-order valence-corrected chi connectivity index (χ4v) is 1.09. The van der Waals surface area contributed by atoms with Gasteiger partial charge in [-0.3, -0.25) is 0 Å². The van der Waals surface area contributed by atoms with Gasteiger partial charge in [0.1, 0.15) is 0 Å². The molecule has 0 aliphatic carbocycles. The van der Waals surface area contributed by atoms with Crippen molar-refractivity contribution in [3.63, 3.8) is 0 Å². The fraction of sp³-hybridized carbons (Fsp3) is 0.412. The highest BCUT2D eigenvalue weighted by Crippen LogP contribution is 2.13. The molecule has 0 nitrogen and oxygen atoms in total. The first-order valence-electron chi connectivity index (χ1n) is 6.10. The molecule has 0 amide bonds. The predicted octanol–water partition coefficient (Wildman–Crippen LogP) is 6.27. The lowest BCUT2D eigenvalue weighted by molar-refractivity contribution is 1.44. The van der Waals surface area contributed by atoms with Crippen LogP contribution in [0.25, 0.3) is 5.57 Å². The van der Waals surface area contributed by atoms with E-state index in [9.17, 15) is 0 Å². The second-order valence-electron chi connectivity index (χ2n) is 2.95. The topological polar surface area (TPSA) is 0 Å². The number of benzene rings is 1. The Morgan fingerprint density at radius 1 is 1.00 bits per heavy atom. The van der Waals surface area contributed by atoms with Crippen molar-refractivity contribution in [1.82, 2.24) is 0 Å². The first-order chi connectivity index (χ1) is 7.74. The average Bonchev–Trinajstić information content (AvgIpc) is 2.35. The third-order valence-corrected chi connectivity index (χ3v) is 1.87. The molecule has 0 unspecified atom stereocenters. The molecule has 17 heavy (non-hydrogen) atoms. The number of hydrogen-bond acceptors (Lipinski definition) is 0. The van der Waals surface area contributed by atoms with Gasteiger partial charge in [0.2, 0.25) is 0 Å². The number of aryl methyl sites for hydroxylation is 1. The van der Waals surface area contributed by atoms with Crippen LogP contribution in [0.3, 0.4) is 0 Å². The molecule has 0 N–H and O–H groups in total. The molecule has 0 saturated carbocycles. The Labute approximate surface area is 109 Å². The van der Waals surface area contributed by atoms with Crippen LogP contribution in [0.15, 0.2) is 43.0 Å². The highest BCUT2D eigenvalue weighted by atomic mass is 14.0. The molecular formula is C17H30. The van der Waals surface area contributed by atoms with Crippen LogP contribution in [0.4, 0.5) is 0 Å². The standard InChI is InChI=1S/C12H14.2C2H6.CH4/c1-4-5-11(3)12-8-6-10(2)7-9-12;2*1-2;/h4-9H,1H2,2-3H3;2*1-2H3;1H4/b11-5+;;;. The molecule has 1 aromatic carbocycles. The van der Waals surface area contributed by atoms with E-state index < -0.39 is 0 Å². The van der Waals surface area contributed by atoms with E-state index in [-0.39, 0.29) is 7.43 Å². The maximum atomic E-state index is 3.67. The largest absolute Gasteiger partial charge is 0.0991 e. The highest BCUT2D eigenvalue weighted by molar-refractivity contribution is 5.65. The summed E-state index contributed by atoms with van der Waals surface area (Å²) in [7, 11) is 0. The summed E-state index contributed by atoms with van der Waals surface area (Å²) in [5.74, 6) is 0. The third-order valence-electron chi connectivity index (χ3n) is 1.87. The van der Waals surface area contributed by atoms with Crippen molar-refractivity contribution in [3.05, 3.63) is 54.1 Å². The first-order valence-corrected chi connectivity index (χ1v) is 6.10. The van der Waals surface area contributed by atoms with Crippen molar-refractivity contribution in [2.24, 2.45) is 0 Å². The van der Waals surface area contributed by atoms with Gasteiger partial charge in [-0.25, -0.2) is 0 Å². The van der Waals surface area contributed by atoms with E-state index in [0.717, 1.165) is 0 Å². The highest BCUT2D eigenvalue weighted by Gasteiger charge is 1.92. The third kappa shape index (κ3) is 9.62. The zero-order chi connectivity index (χ0) is 13.0. The van der Waals surface area contributed by atoms with Crippen molar-refractivity contribution in [2.45, 2.75) is 49.0 Å². The Kier molecular flexibility index (Phi) is 18.2. The molecule has 0 fully saturated rings. The van der Waals surface area contributed by atoms with Crippen LogP contribution in [0.2, 0.25) is 0 Å². The van der Waals surface area contributed by atoms with Crippen LogP contribution in [-0.2, 0) is 0 Å². The fourth-order valence-electron chi connectivity index (χ4n) is 1.09. The lowest BCUT2D eigenvalue weighted by atomic mass is 10.1. The second kappa shape index (κ2) is 14.7. The zero-order valence-electron chi connectivity index (χ0n) is 11.7. The lowest BCUT2D eigenvalue weighted by Crippen LogP contribution is -1.78. The van der Waals surface area contributed by atoms with Crippen LogP contribution in [-0.4, -0.2) is 0 Å². The monoisotopic (exact) mass is 234 g/mol. The number of hydrogen-bond donors (Lipinski definition) is 0. The van der Waals surface area contributed by atoms with Crippen LogP contribution in [0.1, 0.15) is 53.2 Å². The van der Waals surface area contributed by atoms with Gasteiger partial charge in [-0.15, -0.1) is 0 Å². The lowest BCUT2D eigenvalue weighted by Gasteiger charge is -2.00.